The second kappa shape index (κ2) is 3.86. The lowest BCUT2D eigenvalue weighted by Crippen LogP contribution is -2.36. The van der Waals surface area contributed by atoms with Gasteiger partial charge in [-0.25, -0.2) is 0 Å². The van der Waals surface area contributed by atoms with E-state index in [1.807, 2.05) is 19.1 Å². The van der Waals surface area contributed by atoms with Gasteiger partial charge in [-0.2, -0.15) is 0 Å². The van der Waals surface area contributed by atoms with E-state index in [-0.39, 0.29) is 12.4 Å². The Morgan fingerprint density at radius 3 is 2.73 bits per heavy atom. The van der Waals surface area contributed by atoms with Crippen molar-refractivity contribution in [2.75, 3.05) is 6.61 Å². The predicted octanol–water partition coefficient (Wildman–Crippen LogP) is 3.82. The third-order valence-corrected chi connectivity index (χ3v) is 3.93. The van der Waals surface area contributed by atoms with Crippen LogP contribution in [0.25, 0.3) is 0 Å². The van der Waals surface area contributed by atoms with E-state index in [0.29, 0.717) is 11.3 Å². The number of Topliss-reactive ketones (excluding diaryl/α,β-unsaturated/α-hetero) is 1. The summed E-state index contributed by atoms with van der Waals surface area (Å²) in [5.41, 5.74) is 1.62. The molecule has 0 fully saturated rings. The molecule has 0 amide bonds. The van der Waals surface area contributed by atoms with Crippen molar-refractivity contribution in [3.8, 4) is 5.75 Å². The van der Waals surface area contributed by atoms with Crippen molar-refractivity contribution in [3.05, 3.63) is 27.7 Å². The zero-order valence-corrected chi connectivity index (χ0v) is 12.6. The van der Waals surface area contributed by atoms with Gasteiger partial charge in [0, 0.05) is 0 Å². The van der Waals surface area contributed by atoms with Crippen LogP contribution in [0.5, 0.6) is 5.75 Å². The molecule has 0 saturated heterocycles. The van der Waals surface area contributed by atoms with Crippen LogP contribution in [0.3, 0.4) is 0 Å². The molecule has 0 saturated carbocycles. The average Bonchev–Trinajstić information content (AvgIpc) is 2.12. The molecule has 0 bridgehead atoms. The van der Waals surface area contributed by atoms with Gasteiger partial charge in [0.2, 0.25) is 0 Å². The van der Waals surface area contributed by atoms with Crippen LogP contribution in [-0.4, -0.2) is 15.6 Å². The van der Waals surface area contributed by atoms with Gasteiger partial charge in [-0.1, -0.05) is 31.9 Å². The summed E-state index contributed by atoms with van der Waals surface area (Å²) in [6.45, 7) is 2.22. The summed E-state index contributed by atoms with van der Waals surface area (Å²) in [7, 11) is 0. The molecule has 1 aliphatic heterocycles. The Kier molecular flexibility index (Phi) is 2.99. The molecule has 5 heteroatoms. The van der Waals surface area contributed by atoms with E-state index in [9.17, 15) is 4.79 Å². The Morgan fingerprint density at radius 1 is 1.40 bits per heavy atom. The molecule has 0 N–H and O–H groups in total. The summed E-state index contributed by atoms with van der Waals surface area (Å²) in [4.78, 5) is 12.0. The van der Waals surface area contributed by atoms with Crippen molar-refractivity contribution >= 4 is 53.6 Å². The van der Waals surface area contributed by atoms with Gasteiger partial charge in [0.15, 0.2) is 9.02 Å². The average molecular weight is 399 g/mol. The number of carbonyl (C=O) groups is 1. The lowest BCUT2D eigenvalue weighted by Gasteiger charge is -2.27. The highest BCUT2D eigenvalue weighted by atomic mass is 79.9. The Hall–Kier alpha value is 0.130. The summed E-state index contributed by atoms with van der Waals surface area (Å²) in [5, 5.41) is 0. The van der Waals surface area contributed by atoms with Crippen LogP contribution in [0.1, 0.15) is 15.9 Å². The van der Waals surface area contributed by atoms with E-state index in [2.05, 4.69) is 47.8 Å². The number of alkyl halides is 2. The Labute approximate surface area is 113 Å². The number of fused-ring (bicyclic) bond motifs is 1. The molecule has 0 aliphatic carbocycles. The summed E-state index contributed by atoms with van der Waals surface area (Å²) < 4.78 is 5.56. The van der Waals surface area contributed by atoms with E-state index < -0.39 is 3.23 Å². The minimum absolute atomic E-state index is 0.00634. The highest BCUT2D eigenvalue weighted by molar-refractivity contribution is 9.26. The molecular formula is C10H7Br3O2. The smallest absolute Gasteiger partial charge is 0.197 e. The number of ketones is 1. The minimum Gasteiger partial charge on any atom is -0.489 e. The number of halogens is 3. The first-order valence-corrected chi connectivity index (χ1v) is 6.65. The zero-order chi connectivity index (χ0) is 11.2. The maximum atomic E-state index is 12.0. The predicted molar refractivity (Wildman–Crippen MR) is 69.3 cm³/mol. The first-order chi connectivity index (χ1) is 6.92. The molecule has 0 aromatic heterocycles. The Balaban J connectivity index is 2.62. The van der Waals surface area contributed by atoms with Crippen LogP contribution in [0, 0.1) is 6.92 Å². The molecule has 1 heterocycles. The van der Waals surface area contributed by atoms with Gasteiger partial charge in [0.05, 0.1) is 10.0 Å². The Bertz CT molecular complexity index is 441. The van der Waals surface area contributed by atoms with Gasteiger partial charge >= 0.3 is 0 Å². The fraction of sp³-hybridized carbons (Fsp3) is 0.300. The number of carbonyl (C=O) groups excluding carboxylic acids is 1. The van der Waals surface area contributed by atoms with Gasteiger partial charge in [0.1, 0.15) is 12.4 Å². The molecule has 0 radical (unpaired) electrons. The molecule has 2 nitrogen and oxygen atoms in total. The van der Waals surface area contributed by atoms with Crippen LogP contribution >= 0.6 is 47.8 Å². The van der Waals surface area contributed by atoms with Crippen molar-refractivity contribution in [1.29, 1.82) is 0 Å². The maximum Gasteiger partial charge on any atom is 0.197 e. The molecule has 2 rings (SSSR count). The van der Waals surface area contributed by atoms with E-state index in [1.54, 1.807) is 0 Å². The monoisotopic (exact) mass is 396 g/mol. The first-order valence-electron chi connectivity index (χ1n) is 4.27. The van der Waals surface area contributed by atoms with E-state index in [0.717, 1.165) is 10.0 Å². The molecular weight excluding hydrogens is 392 g/mol. The van der Waals surface area contributed by atoms with Crippen molar-refractivity contribution in [2.24, 2.45) is 0 Å². The van der Waals surface area contributed by atoms with E-state index in [4.69, 9.17) is 4.74 Å². The van der Waals surface area contributed by atoms with Crippen LogP contribution in [0.15, 0.2) is 16.6 Å². The second-order valence-electron chi connectivity index (χ2n) is 3.45. The highest BCUT2D eigenvalue weighted by Crippen LogP contribution is 2.42. The van der Waals surface area contributed by atoms with Crippen molar-refractivity contribution < 1.29 is 9.53 Å². The van der Waals surface area contributed by atoms with Crippen LogP contribution in [0.4, 0.5) is 0 Å². The summed E-state index contributed by atoms with van der Waals surface area (Å²) in [5.74, 6) is 0.619. The molecule has 15 heavy (non-hydrogen) atoms. The van der Waals surface area contributed by atoms with Gasteiger partial charge in [-0.3, -0.25) is 4.79 Å². The number of ether oxygens (including phenoxy) is 1. The topological polar surface area (TPSA) is 26.3 Å². The molecule has 1 aromatic rings. The lowest BCUT2D eigenvalue weighted by molar-refractivity contribution is 0.0932. The standard InChI is InChI=1S/C10H7Br3O2/c1-5-2-6-8(7(11)3-5)15-4-10(12,13)9(6)14/h2-3H,4H2,1H3. The maximum absolute atomic E-state index is 12.0. The number of benzene rings is 1. The molecule has 0 atom stereocenters. The second-order valence-corrected chi connectivity index (χ2v) is 8.07. The number of aryl methyl sites for hydroxylation is 1. The van der Waals surface area contributed by atoms with Gasteiger partial charge < -0.3 is 4.74 Å². The van der Waals surface area contributed by atoms with Crippen molar-refractivity contribution in [1.82, 2.24) is 0 Å². The largest absolute Gasteiger partial charge is 0.489 e. The molecule has 1 aromatic carbocycles. The Morgan fingerprint density at radius 2 is 2.07 bits per heavy atom. The van der Waals surface area contributed by atoms with E-state index >= 15 is 0 Å². The third kappa shape index (κ3) is 2.01. The fourth-order valence-corrected chi connectivity index (χ4v) is 2.81. The highest BCUT2D eigenvalue weighted by Gasteiger charge is 2.40. The van der Waals surface area contributed by atoms with E-state index in [1.165, 1.54) is 0 Å². The van der Waals surface area contributed by atoms with Crippen molar-refractivity contribution in [3.63, 3.8) is 0 Å². The van der Waals surface area contributed by atoms with Crippen LogP contribution in [-0.2, 0) is 0 Å². The fourth-order valence-electron chi connectivity index (χ4n) is 1.47. The third-order valence-electron chi connectivity index (χ3n) is 2.16. The van der Waals surface area contributed by atoms with Gasteiger partial charge in [-0.15, -0.1) is 0 Å². The lowest BCUT2D eigenvalue weighted by atomic mass is 10.0. The van der Waals surface area contributed by atoms with Gasteiger partial charge in [-0.05, 0) is 40.5 Å². The van der Waals surface area contributed by atoms with Gasteiger partial charge in [0.25, 0.3) is 0 Å². The van der Waals surface area contributed by atoms with Crippen molar-refractivity contribution in [2.45, 2.75) is 10.2 Å². The quantitative estimate of drug-likeness (QED) is 0.621. The first kappa shape index (κ1) is 11.6. The molecule has 0 unspecified atom stereocenters. The molecule has 80 valence electrons. The number of rotatable bonds is 0. The SMILES string of the molecule is Cc1cc(Br)c2c(c1)C(=O)C(Br)(Br)CO2. The normalized spacial score (nSPS) is 18.3. The summed E-state index contributed by atoms with van der Waals surface area (Å²) in [6.07, 6.45) is 0. The summed E-state index contributed by atoms with van der Waals surface area (Å²) >= 11 is 10.00. The number of hydrogen-bond acceptors (Lipinski definition) is 2. The molecule has 1 aliphatic rings. The number of hydrogen-bond donors (Lipinski definition) is 0. The summed E-state index contributed by atoms with van der Waals surface area (Å²) in [6, 6.07) is 3.76. The van der Waals surface area contributed by atoms with Crippen LogP contribution in [0.2, 0.25) is 0 Å². The molecule has 0 spiro atoms. The minimum atomic E-state index is -0.791. The zero-order valence-electron chi connectivity index (χ0n) is 7.81. The van der Waals surface area contributed by atoms with Crippen LogP contribution < -0.4 is 4.74 Å².